The summed E-state index contributed by atoms with van der Waals surface area (Å²) in [5.74, 6) is -2.05. The number of rotatable bonds is 7. The first-order valence-electron chi connectivity index (χ1n) is 10.7. The van der Waals surface area contributed by atoms with Crippen LogP contribution >= 0.6 is 11.7 Å². The highest BCUT2D eigenvalue weighted by molar-refractivity contribution is 7.00. The number of non-ortho nitro benzene ring substituents is 1. The number of esters is 1. The zero-order valence-electron chi connectivity index (χ0n) is 19.1. The number of aromatic nitrogens is 2. The third-order valence-corrected chi connectivity index (χ3v) is 6.56. The molecule has 36 heavy (non-hydrogen) atoms. The predicted octanol–water partition coefficient (Wildman–Crippen LogP) is 4.02. The number of ether oxygens (including phenoxy) is 3. The van der Waals surface area contributed by atoms with E-state index < -0.39 is 16.7 Å². The molecule has 0 bridgehead atoms. The number of carbonyl (C=O) groups is 1. The summed E-state index contributed by atoms with van der Waals surface area (Å²) in [5, 5.41) is 22.9. The van der Waals surface area contributed by atoms with Gasteiger partial charge in [-0.3, -0.25) is 10.1 Å². The Morgan fingerprint density at radius 3 is 2.42 bits per heavy atom. The third-order valence-electron chi connectivity index (χ3n) is 6.00. The number of nitro groups is 1. The average molecular weight is 506 g/mol. The number of aliphatic hydroxyl groups is 1. The highest BCUT2D eigenvalue weighted by atomic mass is 32.1. The van der Waals surface area contributed by atoms with E-state index in [0.29, 0.717) is 33.7 Å². The van der Waals surface area contributed by atoms with E-state index in [0.717, 1.165) is 11.7 Å². The monoisotopic (exact) mass is 505 g/mol. The Bertz CT molecular complexity index is 1530. The van der Waals surface area contributed by atoms with Crippen molar-refractivity contribution in [1.82, 2.24) is 8.75 Å². The minimum atomic E-state index is -2.12. The Morgan fingerprint density at radius 2 is 1.72 bits per heavy atom. The van der Waals surface area contributed by atoms with Gasteiger partial charge in [0.2, 0.25) is 0 Å². The van der Waals surface area contributed by atoms with Gasteiger partial charge in [0.25, 0.3) is 11.5 Å². The molecular weight excluding hydrogens is 486 g/mol. The molecule has 0 spiro atoms. The van der Waals surface area contributed by atoms with E-state index in [1.54, 1.807) is 48.5 Å². The Kier molecular flexibility index (Phi) is 5.86. The summed E-state index contributed by atoms with van der Waals surface area (Å²) < 4.78 is 24.7. The number of hydrogen-bond donors (Lipinski definition) is 1. The van der Waals surface area contributed by atoms with Crippen molar-refractivity contribution in [2.45, 2.75) is 12.2 Å². The van der Waals surface area contributed by atoms with Gasteiger partial charge < -0.3 is 19.3 Å². The van der Waals surface area contributed by atoms with Gasteiger partial charge in [0.05, 0.1) is 36.4 Å². The summed E-state index contributed by atoms with van der Waals surface area (Å²) in [6.07, 6.45) is 0.0806. The number of methoxy groups -OCH3 is 2. The molecule has 1 N–H and O–H groups in total. The van der Waals surface area contributed by atoms with E-state index >= 15 is 0 Å². The number of fused-ring (bicyclic) bond motifs is 1. The predicted molar refractivity (Wildman–Crippen MR) is 131 cm³/mol. The number of cyclic esters (lactones) is 1. The van der Waals surface area contributed by atoms with Crippen LogP contribution in [0.2, 0.25) is 0 Å². The van der Waals surface area contributed by atoms with E-state index in [1.807, 2.05) is 0 Å². The van der Waals surface area contributed by atoms with Gasteiger partial charge in [-0.1, -0.05) is 18.2 Å². The smallest absolute Gasteiger partial charge is 0.342 e. The molecule has 2 heterocycles. The largest absolute Gasteiger partial charge is 0.493 e. The van der Waals surface area contributed by atoms with Gasteiger partial charge in [-0.25, -0.2) is 4.79 Å². The van der Waals surface area contributed by atoms with Crippen molar-refractivity contribution in [3.05, 3.63) is 93.0 Å². The van der Waals surface area contributed by atoms with Crippen LogP contribution < -0.4 is 9.47 Å². The van der Waals surface area contributed by atoms with Crippen molar-refractivity contribution in [2.75, 3.05) is 14.2 Å². The van der Waals surface area contributed by atoms with E-state index in [1.165, 1.54) is 26.4 Å². The van der Waals surface area contributed by atoms with Gasteiger partial charge >= 0.3 is 5.97 Å². The second-order valence-corrected chi connectivity index (χ2v) is 8.55. The number of hydrogen-bond acceptors (Lipinski definition) is 10. The summed E-state index contributed by atoms with van der Waals surface area (Å²) in [6.45, 7) is 0. The van der Waals surface area contributed by atoms with Gasteiger partial charge in [-0.05, 0) is 41.5 Å². The number of nitrogens with zero attached hydrogens (tertiary/aromatic N) is 3. The lowest BCUT2D eigenvalue weighted by molar-refractivity contribution is -0.384. The molecule has 4 aromatic rings. The third kappa shape index (κ3) is 3.93. The molecule has 11 heteroatoms. The lowest BCUT2D eigenvalue weighted by Gasteiger charge is -2.26. The van der Waals surface area contributed by atoms with Crippen molar-refractivity contribution < 1.29 is 29.0 Å². The molecule has 5 rings (SSSR count). The van der Waals surface area contributed by atoms with Crippen LogP contribution in [0, 0.1) is 10.1 Å². The quantitative estimate of drug-likeness (QED) is 0.225. The molecule has 1 aromatic heterocycles. The van der Waals surface area contributed by atoms with Crippen LogP contribution in [0.25, 0.3) is 16.6 Å². The van der Waals surface area contributed by atoms with E-state index in [4.69, 9.17) is 14.2 Å². The van der Waals surface area contributed by atoms with Crippen molar-refractivity contribution in [3.63, 3.8) is 0 Å². The molecule has 3 aromatic carbocycles. The number of carbonyl (C=O) groups excluding carboxylic acids is 1. The molecule has 1 atom stereocenters. The fourth-order valence-electron chi connectivity index (χ4n) is 4.20. The van der Waals surface area contributed by atoms with Crippen molar-refractivity contribution in [3.8, 4) is 11.5 Å². The van der Waals surface area contributed by atoms with Crippen LogP contribution in [0.15, 0.2) is 66.2 Å². The SMILES string of the molecule is COc1ccc(C2(O)OC(=O)C(c3ccc4nsnc4c3)=C2Cc2ccc([N+](=O)[O-])cc2)cc1OC. The first-order valence-corrected chi connectivity index (χ1v) is 11.4. The van der Waals surface area contributed by atoms with Crippen LogP contribution in [0.4, 0.5) is 5.69 Å². The lowest BCUT2D eigenvalue weighted by atomic mass is 9.88. The summed E-state index contributed by atoms with van der Waals surface area (Å²) in [6, 6.07) is 15.8. The van der Waals surface area contributed by atoms with Crippen LogP contribution in [0.3, 0.4) is 0 Å². The second kappa shape index (κ2) is 9.02. The number of nitro benzene ring substituents is 1. The number of benzene rings is 3. The van der Waals surface area contributed by atoms with Crippen molar-refractivity contribution in [2.24, 2.45) is 0 Å². The van der Waals surface area contributed by atoms with Crippen molar-refractivity contribution >= 4 is 40.0 Å². The lowest BCUT2D eigenvalue weighted by Crippen LogP contribution is -2.29. The first-order chi connectivity index (χ1) is 17.3. The van der Waals surface area contributed by atoms with Crippen LogP contribution in [-0.2, 0) is 21.7 Å². The fourth-order valence-corrected chi connectivity index (χ4v) is 4.71. The zero-order valence-corrected chi connectivity index (χ0v) is 19.9. The highest BCUT2D eigenvalue weighted by Gasteiger charge is 2.48. The second-order valence-electron chi connectivity index (χ2n) is 8.02. The highest BCUT2D eigenvalue weighted by Crippen LogP contribution is 2.46. The minimum Gasteiger partial charge on any atom is -0.493 e. The fraction of sp³-hybridized carbons (Fsp3) is 0.160. The van der Waals surface area contributed by atoms with Gasteiger partial charge in [0.15, 0.2) is 11.5 Å². The van der Waals surface area contributed by atoms with Crippen LogP contribution in [-0.4, -0.2) is 39.0 Å². The van der Waals surface area contributed by atoms with E-state index in [9.17, 15) is 20.0 Å². The molecule has 1 aliphatic rings. The van der Waals surface area contributed by atoms with Crippen LogP contribution in [0.5, 0.6) is 11.5 Å². The summed E-state index contributed by atoms with van der Waals surface area (Å²) in [4.78, 5) is 23.8. The standard InChI is InChI=1S/C25H19N3O7S/c1-33-21-10-6-16(13-22(21)34-2)25(30)18(11-14-3-7-17(8-4-14)28(31)32)23(24(29)35-25)15-5-9-19-20(12-15)27-36-26-19/h3-10,12-13,30H,11H2,1-2H3. The molecule has 0 saturated heterocycles. The Labute approximate surface area is 208 Å². The molecule has 0 fully saturated rings. The molecule has 1 unspecified atom stereocenters. The molecular formula is C25H19N3O7S. The van der Waals surface area contributed by atoms with Gasteiger partial charge in [-0.15, -0.1) is 0 Å². The molecule has 0 radical (unpaired) electrons. The average Bonchev–Trinajstić information content (AvgIpc) is 3.45. The Morgan fingerprint density at radius 1 is 1.00 bits per heavy atom. The maximum atomic E-state index is 13.2. The van der Waals surface area contributed by atoms with Gasteiger partial charge in [0.1, 0.15) is 11.0 Å². The summed E-state index contributed by atoms with van der Waals surface area (Å²) in [7, 11) is 2.95. The normalized spacial score (nSPS) is 17.4. The van der Waals surface area contributed by atoms with Crippen molar-refractivity contribution in [1.29, 1.82) is 0 Å². The summed E-state index contributed by atoms with van der Waals surface area (Å²) in [5.41, 5.74) is 3.09. The van der Waals surface area contributed by atoms with Gasteiger partial charge in [0, 0.05) is 29.7 Å². The molecule has 1 aliphatic heterocycles. The van der Waals surface area contributed by atoms with Gasteiger partial charge in [-0.2, -0.15) is 8.75 Å². The molecule has 0 saturated carbocycles. The zero-order chi connectivity index (χ0) is 25.4. The molecule has 0 amide bonds. The Balaban J connectivity index is 1.68. The minimum absolute atomic E-state index is 0.0664. The molecule has 182 valence electrons. The Hall–Kier alpha value is -4.35. The van der Waals surface area contributed by atoms with Crippen LogP contribution in [0.1, 0.15) is 16.7 Å². The topological polar surface area (TPSA) is 134 Å². The molecule has 10 nitrogen and oxygen atoms in total. The maximum Gasteiger partial charge on any atom is 0.342 e. The maximum absolute atomic E-state index is 13.2. The molecule has 0 aliphatic carbocycles. The summed E-state index contributed by atoms with van der Waals surface area (Å²) >= 11 is 1.05. The van der Waals surface area contributed by atoms with E-state index in [2.05, 4.69) is 8.75 Å². The first kappa shape index (κ1) is 23.4. The van der Waals surface area contributed by atoms with E-state index in [-0.39, 0.29) is 28.8 Å².